The van der Waals surface area contributed by atoms with Gasteiger partial charge in [-0.2, -0.15) is 0 Å². The lowest BCUT2D eigenvalue weighted by Crippen LogP contribution is -2.42. The minimum Gasteiger partial charge on any atom is -0.390 e. The third-order valence-electron chi connectivity index (χ3n) is 4.13. The predicted octanol–water partition coefficient (Wildman–Crippen LogP) is 2.29. The molecule has 1 N–H and O–H groups in total. The maximum Gasteiger partial charge on any atom is 0.112 e. The molecule has 2 unspecified atom stereocenters. The summed E-state index contributed by atoms with van der Waals surface area (Å²) in [5, 5.41) is 10.4. The van der Waals surface area contributed by atoms with Gasteiger partial charge < -0.3 is 14.4 Å². The van der Waals surface area contributed by atoms with Crippen molar-refractivity contribution in [3.05, 3.63) is 30.1 Å². The predicted molar refractivity (Wildman–Crippen MR) is 76.1 cm³/mol. The number of aliphatic hydroxyl groups excluding tert-OH is 1. The first-order chi connectivity index (χ1) is 9.01. The zero-order valence-corrected chi connectivity index (χ0v) is 12.1. The number of nitrogens with zero attached hydrogens (tertiary/aromatic N) is 2. The number of fused-ring (bicyclic) bond motifs is 1. The number of para-hydroxylation sites is 2. The molecule has 0 fully saturated rings. The fourth-order valence-corrected chi connectivity index (χ4v) is 2.28. The van der Waals surface area contributed by atoms with Crippen LogP contribution in [0, 0.1) is 0 Å². The second kappa shape index (κ2) is 5.31. The molecule has 1 aromatic heterocycles. The molecule has 0 aliphatic rings. The van der Waals surface area contributed by atoms with Gasteiger partial charge in [-0.05, 0) is 25.5 Å². The van der Waals surface area contributed by atoms with Crippen molar-refractivity contribution in [1.82, 2.24) is 9.55 Å². The minimum absolute atomic E-state index is 0.489. The number of methoxy groups -OCH3 is 1. The maximum absolute atomic E-state index is 10.4. The Morgan fingerprint density at radius 1 is 1.42 bits per heavy atom. The Bertz CT molecular complexity index is 558. The number of aryl methyl sites for hydroxylation is 1. The number of imidazole rings is 1. The van der Waals surface area contributed by atoms with Crippen LogP contribution in [-0.2, 0) is 18.2 Å². The first kappa shape index (κ1) is 14.0. The first-order valence-electron chi connectivity index (χ1n) is 6.65. The van der Waals surface area contributed by atoms with Crippen molar-refractivity contribution >= 4 is 11.0 Å². The lowest BCUT2D eigenvalue weighted by molar-refractivity contribution is -0.0922. The van der Waals surface area contributed by atoms with E-state index in [1.807, 2.05) is 49.7 Å². The summed E-state index contributed by atoms with van der Waals surface area (Å²) in [4.78, 5) is 4.58. The normalized spacial score (nSPS) is 16.5. The fraction of sp³-hybridized carbons (Fsp3) is 0.533. The third-order valence-corrected chi connectivity index (χ3v) is 4.13. The monoisotopic (exact) mass is 262 g/mol. The Kier molecular flexibility index (Phi) is 3.92. The SMILES string of the molecule is CCC(C)(OC)C(O)Cc1nc2ccccc2n1C. The number of hydrogen-bond acceptors (Lipinski definition) is 3. The zero-order valence-electron chi connectivity index (χ0n) is 12.1. The van der Waals surface area contributed by atoms with E-state index in [1.165, 1.54) is 0 Å². The molecule has 19 heavy (non-hydrogen) atoms. The van der Waals surface area contributed by atoms with Crippen LogP contribution in [0.15, 0.2) is 24.3 Å². The van der Waals surface area contributed by atoms with Gasteiger partial charge in [-0.3, -0.25) is 0 Å². The molecule has 1 heterocycles. The van der Waals surface area contributed by atoms with Gasteiger partial charge in [0.15, 0.2) is 0 Å². The topological polar surface area (TPSA) is 47.3 Å². The summed E-state index contributed by atoms with van der Waals surface area (Å²) in [6.07, 6.45) is 0.677. The quantitative estimate of drug-likeness (QED) is 0.899. The molecule has 0 saturated carbocycles. The molecule has 2 atom stereocenters. The van der Waals surface area contributed by atoms with Crippen LogP contribution in [0.5, 0.6) is 0 Å². The van der Waals surface area contributed by atoms with Crippen LogP contribution in [0.2, 0.25) is 0 Å². The fourth-order valence-electron chi connectivity index (χ4n) is 2.28. The van der Waals surface area contributed by atoms with Crippen molar-refractivity contribution in [3.8, 4) is 0 Å². The van der Waals surface area contributed by atoms with Crippen LogP contribution < -0.4 is 0 Å². The second-order valence-corrected chi connectivity index (χ2v) is 5.17. The summed E-state index contributed by atoms with van der Waals surface area (Å²) in [5.41, 5.74) is 1.51. The van der Waals surface area contributed by atoms with Crippen LogP contribution in [0.4, 0.5) is 0 Å². The first-order valence-corrected chi connectivity index (χ1v) is 6.65. The van der Waals surface area contributed by atoms with Crippen LogP contribution >= 0.6 is 0 Å². The molecular weight excluding hydrogens is 240 g/mol. The van der Waals surface area contributed by atoms with Crippen LogP contribution in [0.25, 0.3) is 11.0 Å². The van der Waals surface area contributed by atoms with Gasteiger partial charge >= 0.3 is 0 Å². The van der Waals surface area contributed by atoms with Gasteiger partial charge in [-0.15, -0.1) is 0 Å². The van der Waals surface area contributed by atoms with E-state index >= 15 is 0 Å². The zero-order chi connectivity index (χ0) is 14.0. The smallest absolute Gasteiger partial charge is 0.112 e. The highest BCUT2D eigenvalue weighted by Crippen LogP contribution is 2.23. The maximum atomic E-state index is 10.4. The Morgan fingerprint density at radius 3 is 2.68 bits per heavy atom. The summed E-state index contributed by atoms with van der Waals surface area (Å²) in [6, 6.07) is 7.99. The average molecular weight is 262 g/mol. The number of aromatic nitrogens is 2. The van der Waals surface area contributed by atoms with E-state index < -0.39 is 11.7 Å². The molecule has 2 rings (SSSR count). The molecule has 0 aliphatic heterocycles. The molecule has 0 aliphatic carbocycles. The number of aliphatic hydroxyl groups is 1. The Morgan fingerprint density at radius 2 is 2.11 bits per heavy atom. The standard InChI is InChI=1S/C15H22N2O2/c1-5-15(2,19-4)13(18)10-14-16-11-8-6-7-9-12(11)17(14)3/h6-9,13,18H,5,10H2,1-4H3. The summed E-state index contributed by atoms with van der Waals surface area (Å²) < 4.78 is 7.48. The van der Waals surface area contributed by atoms with Gasteiger partial charge in [0.2, 0.25) is 0 Å². The molecule has 0 radical (unpaired) electrons. The molecule has 4 nitrogen and oxygen atoms in total. The van der Waals surface area contributed by atoms with Crippen molar-refractivity contribution in [2.75, 3.05) is 7.11 Å². The molecule has 104 valence electrons. The summed E-state index contributed by atoms with van der Waals surface area (Å²) in [6.45, 7) is 3.95. The molecule has 0 bridgehead atoms. The van der Waals surface area contributed by atoms with E-state index in [-0.39, 0.29) is 0 Å². The van der Waals surface area contributed by atoms with Gasteiger partial charge in [0.25, 0.3) is 0 Å². The van der Waals surface area contributed by atoms with Crippen LogP contribution in [0.3, 0.4) is 0 Å². The van der Waals surface area contributed by atoms with Gasteiger partial charge in [0, 0.05) is 20.6 Å². The van der Waals surface area contributed by atoms with Crippen LogP contribution in [-0.4, -0.2) is 33.5 Å². The van der Waals surface area contributed by atoms with Crippen molar-refractivity contribution < 1.29 is 9.84 Å². The Balaban J connectivity index is 2.29. The van der Waals surface area contributed by atoms with E-state index in [9.17, 15) is 5.11 Å². The molecule has 0 saturated heterocycles. The van der Waals surface area contributed by atoms with Crippen molar-refractivity contribution in [1.29, 1.82) is 0 Å². The van der Waals surface area contributed by atoms with Gasteiger partial charge in [-0.1, -0.05) is 19.1 Å². The molecule has 2 aromatic rings. The molecular formula is C15H22N2O2. The van der Waals surface area contributed by atoms with Crippen molar-refractivity contribution in [2.45, 2.75) is 38.4 Å². The summed E-state index contributed by atoms with van der Waals surface area (Å²) in [7, 11) is 3.62. The highest BCUT2D eigenvalue weighted by molar-refractivity contribution is 5.75. The number of ether oxygens (including phenoxy) is 1. The van der Waals surface area contributed by atoms with Gasteiger partial charge in [0.1, 0.15) is 5.82 Å². The van der Waals surface area contributed by atoms with E-state index in [0.29, 0.717) is 6.42 Å². The van der Waals surface area contributed by atoms with Crippen molar-refractivity contribution in [2.24, 2.45) is 7.05 Å². The minimum atomic E-state index is -0.571. The lowest BCUT2D eigenvalue weighted by atomic mass is 9.93. The third kappa shape index (κ3) is 2.51. The molecule has 0 amide bonds. The van der Waals surface area contributed by atoms with Crippen molar-refractivity contribution in [3.63, 3.8) is 0 Å². The molecule has 1 aromatic carbocycles. The number of rotatable bonds is 5. The lowest BCUT2D eigenvalue weighted by Gasteiger charge is -2.31. The van der Waals surface area contributed by atoms with E-state index in [4.69, 9.17) is 4.74 Å². The molecule has 4 heteroatoms. The second-order valence-electron chi connectivity index (χ2n) is 5.17. The number of benzene rings is 1. The van der Waals surface area contributed by atoms with Gasteiger partial charge in [0.05, 0.1) is 22.7 Å². The van der Waals surface area contributed by atoms with E-state index in [1.54, 1.807) is 7.11 Å². The highest BCUT2D eigenvalue weighted by Gasteiger charge is 2.32. The summed E-state index contributed by atoms with van der Waals surface area (Å²) >= 11 is 0. The molecule has 0 spiro atoms. The number of hydrogen-bond donors (Lipinski definition) is 1. The Hall–Kier alpha value is -1.39. The van der Waals surface area contributed by atoms with Crippen LogP contribution in [0.1, 0.15) is 26.1 Å². The Labute approximate surface area is 114 Å². The van der Waals surface area contributed by atoms with Gasteiger partial charge in [-0.25, -0.2) is 4.98 Å². The average Bonchev–Trinajstić information content (AvgIpc) is 2.75. The van der Waals surface area contributed by atoms with E-state index in [2.05, 4.69) is 4.98 Å². The van der Waals surface area contributed by atoms with E-state index in [0.717, 1.165) is 23.3 Å². The highest BCUT2D eigenvalue weighted by atomic mass is 16.5. The summed E-state index contributed by atoms with van der Waals surface area (Å²) in [5.74, 6) is 0.880. The largest absolute Gasteiger partial charge is 0.390 e.